The van der Waals surface area contributed by atoms with E-state index in [1.165, 1.54) is 6.42 Å². The van der Waals surface area contributed by atoms with E-state index in [9.17, 15) is 0 Å². The Labute approximate surface area is 83.7 Å². The van der Waals surface area contributed by atoms with Gasteiger partial charge in [-0.1, -0.05) is 32.6 Å². The van der Waals surface area contributed by atoms with Crippen LogP contribution in [0.3, 0.4) is 0 Å². The van der Waals surface area contributed by atoms with Gasteiger partial charge in [-0.15, -0.1) is 0 Å². The van der Waals surface area contributed by atoms with Crippen LogP contribution in [0.15, 0.2) is 0 Å². The van der Waals surface area contributed by atoms with Crippen molar-refractivity contribution in [1.29, 1.82) is 0 Å². The third kappa shape index (κ3) is 2.31. The van der Waals surface area contributed by atoms with Crippen LogP contribution in [0, 0.1) is 24.2 Å². The van der Waals surface area contributed by atoms with E-state index in [4.69, 9.17) is 0 Å². The topological polar surface area (TPSA) is 0 Å². The van der Waals surface area contributed by atoms with Gasteiger partial charge in [-0.25, -0.2) is 0 Å². The first-order valence-corrected chi connectivity index (χ1v) is 3.55. The molecule has 0 aliphatic heterocycles. The van der Waals surface area contributed by atoms with Gasteiger partial charge in [0.1, 0.15) is 0 Å². The number of hydrogen-bond acceptors (Lipinski definition) is 0. The van der Waals surface area contributed by atoms with Crippen molar-refractivity contribution >= 4 is 0 Å². The molecule has 1 heteroatoms. The predicted octanol–water partition coefficient (Wildman–Crippen LogP) is 2.50. The molecule has 48 valence electrons. The number of hydrogen-bond donors (Lipinski definition) is 0. The molecular formula is C8H15Y+2. The van der Waals surface area contributed by atoms with Crippen LogP contribution in [-0.4, -0.2) is 0 Å². The second-order valence-corrected chi connectivity index (χ2v) is 3.17. The molecule has 0 N–H and O–H groups in total. The van der Waals surface area contributed by atoms with Crippen molar-refractivity contribution < 1.29 is 32.7 Å². The molecule has 1 rings (SSSR count). The first kappa shape index (κ1) is 10.1. The van der Waals surface area contributed by atoms with E-state index >= 15 is 0 Å². The Balaban J connectivity index is 0.000000640. The molecule has 0 radical (unpaired) electrons. The average Bonchev–Trinajstić information content (AvgIpc) is 1.98. The van der Waals surface area contributed by atoms with E-state index in [2.05, 4.69) is 27.2 Å². The van der Waals surface area contributed by atoms with E-state index in [0.29, 0.717) is 0 Å². The molecule has 0 saturated heterocycles. The quantitative estimate of drug-likeness (QED) is 0.527. The molecule has 1 aliphatic carbocycles. The Kier molecular flexibility index (Phi) is 4.58. The summed E-state index contributed by atoms with van der Waals surface area (Å²) in [5, 5.41) is 0. The molecule has 3 unspecified atom stereocenters. The van der Waals surface area contributed by atoms with Gasteiger partial charge in [-0.05, 0) is 0 Å². The number of rotatable bonds is 0. The van der Waals surface area contributed by atoms with Crippen LogP contribution < -0.4 is 0 Å². The fraction of sp³-hybridized carbons (Fsp3) is 0.875. The fourth-order valence-electron chi connectivity index (χ4n) is 1.38. The second kappa shape index (κ2) is 4.08. The van der Waals surface area contributed by atoms with Crippen molar-refractivity contribution in [3.63, 3.8) is 0 Å². The Morgan fingerprint density at radius 1 is 1.22 bits per heavy atom. The summed E-state index contributed by atoms with van der Waals surface area (Å²) < 4.78 is 0. The molecule has 0 spiro atoms. The van der Waals surface area contributed by atoms with Crippen LogP contribution in [-0.2, 0) is 32.7 Å². The normalized spacial score (nSPS) is 42.3. The van der Waals surface area contributed by atoms with Crippen LogP contribution in [0.1, 0.15) is 27.2 Å². The van der Waals surface area contributed by atoms with Gasteiger partial charge in [0.25, 0.3) is 0 Å². The van der Waals surface area contributed by atoms with E-state index < -0.39 is 0 Å². The summed E-state index contributed by atoms with van der Waals surface area (Å²) >= 11 is 0. The summed E-state index contributed by atoms with van der Waals surface area (Å²) in [4.78, 5) is 0. The Morgan fingerprint density at radius 2 is 1.78 bits per heavy atom. The summed E-state index contributed by atoms with van der Waals surface area (Å²) in [6, 6.07) is 0. The summed E-state index contributed by atoms with van der Waals surface area (Å²) in [5.41, 5.74) is 0. The molecule has 0 aromatic carbocycles. The first-order valence-electron chi connectivity index (χ1n) is 3.55. The second-order valence-electron chi connectivity index (χ2n) is 3.17. The molecule has 1 fully saturated rings. The van der Waals surface area contributed by atoms with Gasteiger partial charge in [-0.2, -0.15) is 12.3 Å². The van der Waals surface area contributed by atoms with Crippen LogP contribution in [0.2, 0.25) is 0 Å². The minimum absolute atomic E-state index is 0. The van der Waals surface area contributed by atoms with Crippen molar-refractivity contribution in [1.82, 2.24) is 0 Å². The summed E-state index contributed by atoms with van der Waals surface area (Å²) in [6.07, 6.45) is 3.78. The fourth-order valence-corrected chi connectivity index (χ4v) is 1.38. The SMILES string of the molecule is CC1[CH-]CC(C)C1C.[Y+3]. The van der Waals surface area contributed by atoms with Crippen molar-refractivity contribution in [3.8, 4) is 0 Å². The van der Waals surface area contributed by atoms with Crippen molar-refractivity contribution in [2.45, 2.75) is 27.2 Å². The van der Waals surface area contributed by atoms with E-state index in [-0.39, 0.29) is 32.7 Å². The monoisotopic (exact) mass is 200 g/mol. The zero-order valence-corrected chi connectivity index (χ0v) is 9.43. The van der Waals surface area contributed by atoms with Crippen molar-refractivity contribution in [2.24, 2.45) is 17.8 Å². The van der Waals surface area contributed by atoms with Crippen LogP contribution in [0.4, 0.5) is 0 Å². The minimum atomic E-state index is 0. The molecule has 0 nitrogen and oxygen atoms in total. The molecule has 0 aromatic rings. The molecular weight excluding hydrogens is 185 g/mol. The van der Waals surface area contributed by atoms with E-state index in [0.717, 1.165) is 17.8 Å². The maximum atomic E-state index is 2.44. The molecule has 3 atom stereocenters. The predicted molar refractivity (Wildman–Crippen MR) is 36.4 cm³/mol. The van der Waals surface area contributed by atoms with Gasteiger partial charge in [0.2, 0.25) is 0 Å². The molecule has 0 amide bonds. The minimum Gasteiger partial charge on any atom is -0.325 e. The van der Waals surface area contributed by atoms with Gasteiger partial charge < -0.3 is 6.42 Å². The summed E-state index contributed by atoms with van der Waals surface area (Å²) in [7, 11) is 0. The molecule has 0 bridgehead atoms. The maximum absolute atomic E-state index is 2.44. The van der Waals surface area contributed by atoms with Crippen LogP contribution in [0.5, 0.6) is 0 Å². The summed E-state index contributed by atoms with van der Waals surface area (Å²) in [6.45, 7) is 7.00. The smallest absolute Gasteiger partial charge is 0.325 e. The van der Waals surface area contributed by atoms with Gasteiger partial charge in [-0.3, -0.25) is 0 Å². The van der Waals surface area contributed by atoms with Crippen molar-refractivity contribution in [3.05, 3.63) is 6.42 Å². The molecule has 1 saturated carbocycles. The molecule has 9 heavy (non-hydrogen) atoms. The third-order valence-corrected chi connectivity index (χ3v) is 2.61. The van der Waals surface area contributed by atoms with Crippen molar-refractivity contribution in [2.75, 3.05) is 0 Å². The first-order chi connectivity index (χ1) is 3.72. The largest absolute Gasteiger partial charge is 3.00 e. The third-order valence-electron chi connectivity index (χ3n) is 2.61. The Bertz CT molecular complexity index is 70.6. The van der Waals surface area contributed by atoms with Crippen LogP contribution >= 0.6 is 0 Å². The van der Waals surface area contributed by atoms with Gasteiger partial charge in [0.05, 0.1) is 0 Å². The van der Waals surface area contributed by atoms with E-state index in [1.807, 2.05) is 0 Å². The maximum Gasteiger partial charge on any atom is 3.00 e. The van der Waals surface area contributed by atoms with Gasteiger partial charge in [0.15, 0.2) is 0 Å². The average molecular weight is 200 g/mol. The zero-order chi connectivity index (χ0) is 6.15. The van der Waals surface area contributed by atoms with Gasteiger partial charge in [0, 0.05) is 0 Å². The Morgan fingerprint density at radius 3 is 1.89 bits per heavy atom. The van der Waals surface area contributed by atoms with Gasteiger partial charge >= 0.3 is 32.7 Å². The van der Waals surface area contributed by atoms with Crippen LogP contribution in [0.25, 0.3) is 0 Å². The summed E-state index contributed by atoms with van der Waals surface area (Å²) in [5.74, 6) is 2.73. The standard InChI is InChI=1S/C8H15.Y/c1-6-4-5-7(2)8(6)3;/h4,6-8H,5H2,1-3H3;/q-1;+3. The molecule has 1 aliphatic rings. The zero-order valence-electron chi connectivity index (χ0n) is 6.59. The molecule has 0 heterocycles. The molecule has 0 aromatic heterocycles. The Hall–Kier alpha value is 1.10. The van der Waals surface area contributed by atoms with E-state index in [1.54, 1.807) is 0 Å².